The highest BCUT2D eigenvalue weighted by atomic mass is 35.5. The molecule has 1 aliphatic heterocycles. The van der Waals surface area contributed by atoms with Crippen molar-refractivity contribution in [3.05, 3.63) is 41.0 Å². The van der Waals surface area contributed by atoms with Gasteiger partial charge in [0.25, 0.3) is 5.91 Å². The number of aromatic nitrogens is 1. The Morgan fingerprint density at radius 1 is 1.22 bits per heavy atom. The van der Waals surface area contributed by atoms with Gasteiger partial charge in [-0.05, 0) is 25.0 Å². The molecule has 2 amide bonds. The number of hydrogen-bond acceptors (Lipinski definition) is 3. The number of nitrogens with one attached hydrogen (secondary N) is 1. The van der Waals surface area contributed by atoms with Crippen LogP contribution in [0.25, 0.3) is 10.9 Å². The van der Waals surface area contributed by atoms with Crippen LogP contribution in [0.2, 0.25) is 5.15 Å². The average Bonchev–Trinajstić information content (AvgIpc) is 3.08. The molecule has 1 saturated heterocycles. The van der Waals surface area contributed by atoms with Crippen molar-refractivity contribution in [2.75, 3.05) is 19.6 Å². The first-order chi connectivity index (χ1) is 11.1. The number of carbonyl (C=O) groups is 2. The van der Waals surface area contributed by atoms with Gasteiger partial charge in [0.15, 0.2) is 0 Å². The summed E-state index contributed by atoms with van der Waals surface area (Å²) in [5.74, 6) is -0.139. The molecule has 0 unspecified atom stereocenters. The zero-order valence-electron chi connectivity index (χ0n) is 12.7. The fourth-order valence-corrected chi connectivity index (χ4v) is 3.03. The Hall–Kier alpha value is -2.14. The molecule has 23 heavy (non-hydrogen) atoms. The van der Waals surface area contributed by atoms with Crippen molar-refractivity contribution in [2.24, 2.45) is 0 Å². The highest BCUT2D eigenvalue weighted by Crippen LogP contribution is 2.20. The van der Waals surface area contributed by atoms with Gasteiger partial charge >= 0.3 is 0 Å². The lowest BCUT2D eigenvalue weighted by molar-refractivity contribution is -0.129. The molecule has 1 fully saturated rings. The van der Waals surface area contributed by atoms with E-state index >= 15 is 0 Å². The van der Waals surface area contributed by atoms with Crippen LogP contribution in [0.1, 0.15) is 29.6 Å². The summed E-state index contributed by atoms with van der Waals surface area (Å²) in [7, 11) is 0. The summed E-state index contributed by atoms with van der Waals surface area (Å²) in [5.41, 5.74) is 1.16. The second-order valence-corrected chi connectivity index (χ2v) is 5.99. The second kappa shape index (κ2) is 6.96. The molecule has 1 aromatic heterocycles. The number of amides is 2. The third kappa shape index (κ3) is 3.62. The van der Waals surface area contributed by atoms with Gasteiger partial charge in [0.2, 0.25) is 5.91 Å². The zero-order chi connectivity index (χ0) is 16.2. The van der Waals surface area contributed by atoms with Crippen molar-refractivity contribution in [3.63, 3.8) is 0 Å². The van der Waals surface area contributed by atoms with E-state index in [1.807, 2.05) is 29.2 Å². The number of likely N-dealkylation sites (tertiary alicyclic amines) is 1. The first-order valence-electron chi connectivity index (χ1n) is 7.76. The minimum absolute atomic E-state index is 0.0976. The van der Waals surface area contributed by atoms with Crippen LogP contribution in [0.5, 0.6) is 0 Å². The summed E-state index contributed by atoms with van der Waals surface area (Å²) in [6, 6.07) is 8.91. The Morgan fingerprint density at radius 2 is 1.96 bits per heavy atom. The van der Waals surface area contributed by atoms with E-state index in [1.165, 1.54) is 0 Å². The number of fused-ring (bicyclic) bond motifs is 1. The van der Waals surface area contributed by atoms with Gasteiger partial charge in [0.1, 0.15) is 5.15 Å². The molecule has 0 bridgehead atoms. The SMILES string of the molecule is O=C(NCCC(=O)N1CCCC1)c1cc(Cl)nc2ccccc12. The minimum Gasteiger partial charge on any atom is -0.351 e. The van der Waals surface area contributed by atoms with Crippen molar-refractivity contribution in [1.82, 2.24) is 15.2 Å². The molecular formula is C17H18ClN3O2. The lowest BCUT2D eigenvalue weighted by Gasteiger charge is -2.15. The van der Waals surface area contributed by atoms with E-state index in [-0.39, 0.29) is 17.0 Å². The number of halogens is 1. The molecule has 0 radical (unpaired) electrons. The second-order valence-electron chi connectivity index (χ2n) is 5.60. The maximum atomic E-state index is 12.4. The van der Waals surface area contributed by atoms with Crippen LogP contribution in [-0.2, 0) is 4.79 Å². The Morgan fingerprint density at radius 3 is 2.74 bits per heavy atom. The van der Waals surface area contributed by atoms with E-state index in [9.17, 15) is 9.59 Å². The van der Waals surface area contributed by atoms with Crippen LogP contribution < -0.4 is 5.32 Å². The van der Waals surface area contributed by atoms with E-state index in [2.05, 4.69) is 10.3 Å². The van der Waals surface area contributed by atoms with Gasteiger partial charge in [-0.15, -0.1) is 0 Å². The van der Waals surface area contributed by atoms with Gasteiger partial charge in [-0.1, -0.05) is 29.8 Å². The molecule has 1 N–H and O–H groups in total. The predicted octanol–water partition coefficient (Wildman–Crippen LogP) is 2.63. The Labute approximate surface area is 139 Å². The molecule has 0 spiro atoms. The normalized spacial score (nSPS) is 14.2. The van der Waals surface area contributed by atoms with E-state index < -0.39 is 0 Å². The van der Waals surface area contributed by atoms with Crippen LogP contribution >= 0.6 is 11.6 Å². The van der Waals surface area contributed by atoms with Crippen LogP contribution in [0.4, 0.5) is 0 Å². The minimum atomic E-state index is -0.236. The summed E-state index contributed by atoms with van der Waals surface area (Å²) >= 11 is 5.99. The summed E-state index contributed by atoms with van der Waals surface area (Å²) < 4.78 is 0. The number of para-hydroxylation sites is 1. The number of benzene rings is 1. The number of hydrogen-bond donors (Lipinski definition) is 1. The summed E-state index contributed by atoms with van der Waals surface area (Å²) in [6.07, 6.45) is 2.46. The van der Waals surface area contributed by atoms with E-state index in [0.29, 0.717) is 24.0 Å². The van der Waals surface area contributed by atoms with Gasteiger partial charge in [-0.3, -0.25) is 9.59 Å². The molecule has 0 saturated carbocycles. The lowest BCUT2D eigenvalue weighted by atomic mass is 10.1. The Bertz CT molecular complexity index is 742. The first-order valence-corrected chi connectivity index (χ1v) is 8.14. The Kier molecular flexibility index (Phi) is 4.76. The van der Waals surface area contributed by atoms with Gasteiger partial charge in [0, 0.05) is 31.4 Å². The fourth-order valence-electron chi connectivity index (χ4n) is 2.83. The largest absolute Gasteiger partial charge is 0.351 e. The number of rotatable bonds is 4. The average molecular weight is 332 g/mol. The molecule has 5 nitrogen and oxygen atoms in total. The van der Waals surface area contributed by atoms with Crippen molar-refractivity contribution >= 4 is 34.3 Å². The maximum absolute atomic E-state index is 12.4. The molecule has 3 rings (SSSR count). The molecule has 2 aromatic rings. The Balaban J connectivity index is 1.65. The van der Waals surface area contributed by atoms with Crippen molar-refractivity contribution in [1.29, 1.82) is 0 Å². The van der Waals surface area contributed by atoms with Crippen LogP contribution in [0.3, 0.4) is 0 Å². The van der Waals surface area contributed by atoms with Gasteiger partial charge in [-0.2, -0.15) is 0 Å². The molecule has 6 heteroatoms. The smallest absolute Gasteiger partial charge is 0.252 e. The highest BCUT2D eigenvalue weighted by Gasteiger charge is 2.18. The van der Waals surface area contributed by atoms with E-state index in [1.54, 1.807) is 6.07 Å². The fraction of sp³-hybridized carbons (Fsp3) is 0.353. The number of carbonyl (C=O) groups excluding carboxylic acids is 2. The van der Waals surface area contributed by atoms with Crippen LogP contribution in [-0.4, -0.2) is 41.3 Å². The monoisotopic (exact) mass is 331 g/mol. The summed E-state index contributed by atoms with van der Waals surface area (Å²) in [5, 5.41) is 3.83. The molecular weight excluding hydrogens is 314 g/mol. The topological polar surface area (TPSA) is 62.3 Å². The van der Waals surface area contributed by atoms with Gasteiger partial charge in [0.05, 0.1) is 11.1 Å². The van der Waals surface area contributed by atoms with Crippen molar-refractivity contribution in [2.45, 2.75) is 19.3 Å². The predicted molar refractivity (Wildman–Crippen MR) is 89.5 cm³/mol. The first kappa shape index (κ1) is 15.7. The van der Waals surface area contributed by atoms with Crippen LogP contribution in [0.15, 0.2) is 30.3 Å². The number of nitrogens with zero attached hydrogens (tertiary/aromatic N) is 2. The van der Waals surface area contributed by atoms with E-state index in [0.717, 1.165) is 31.3 Å². The lowest BCUT2D eigenvalue weighted by Crippen LogP contribution is -2.32. The summed E-state index contributed by atoms with van der Waals surface area (Å²) in [4.78, 5) is 30.4. The third-order valence-corrected chi connectivity index (χ3v) is 4.21. The molecule has 120 valence electrons. The molecule has 2 heterocycles. The van der Waals surface area contributed by atoms with Crippen LogP contribution in [0, 0.1) is 0 Å². The summed E-state index contributed by atoms with van der Waals surface area (Å²) in [6.45, 7) is 1.98. The number of pyridine rings is 1. The van der Waals surface area contributed by atoms with Gasteiger partial charge < -0.3 is 10.2 Å². The standard InChI is InChI=1S/C17H18ClN3O2/c18-15-11-13(12-5-1-2-6-14(12)20-15)17(23)19-8-7-16(22)21-9-3-4-10-21/h1-2,5-6,11H,3-4,7-10H2,(H,19,23). The highest BCUT2D eigenvalue weighted by molar-refractivity contribution is 6.30. The maximum Gasteiger partial charge on any atom is 0.252 e. The van der Waals surface area contributed by atoms with Crippen molar-refractivity contribution in [3.8, 4) is 0 Å². The zero-order valence-corrected chi connectivity index (χ0v) is 13.5. The van der Waals surface area contributed by atoms with Gasteiger partial charge in [-0.25, -0.2) is 4.98 Å². The van der Waals surface area contributed by atoms with E-state index in [4.69, 9.17) is 11.6 Å². The third-order valence-electron chi connectivity index (χ3n) is 4.01. The molecule has 0 atom stereocenters. The molecule has 1 aliphatic rings. The quantitative estimate of drug-likeness (QED) is 0.876. The van der Waals surface area contributed by atoms with Crippen molar-refractivity contribution < 1.29 is 9.59 Å². The molecule has 0 aliphatic carbocycles. The molecule has 1 aromatic carbocycles.